The Balaban J connectivity index is 2.39. The smallest absolute Gasteiger partial charge is 0.324 e. The van der Waals surface area contributed by atoms with Crippen LogP contribution in [0.3, 0.4) is 0 Å². The molecule has 5 heteroatoms. The summed E-state index contributed by atoms with van der Waals surface area (Å²) in [6, 6.07) is 0. The molecule has 0 aromatic heterocycles. The van der Waals surface area contributed by atoms with Crippen molar-refractivity contribution in [3.8, 4) is 0 Å². The van der Waals surface area contributed by atoms with E-state index >= 15 is 0 Å². The lowest BCUT2D eigenvalue weighted by Gasteiger charge is -2.35. The molecule has 2 aliphatic rings. The molecule has 0 aromatic rings. The molecule has 5 nitrogen and oxygen atoms in total. The van der Waals surface area contributed by atoms with Crippen molar-refractivity contribution in [1.82, 2.24) is 0 Å². The van der Waals surface area contributed by atoms with Gasteiger partial charge >= 0.3 is 5.97 Å². The summed E-state index contributed by atoms with van der Waals surface area (Å²) in [5, 5.41) is 9.08. The Morgan fingerprint density at radius 3 is 2.43 bits per heavy atom. The average Bonchev–Trinajstić information content (AvgIpc) is 2.61. The number of rotatable bonds is 2. The zero-order chi connectivity index (χ0) is 10.5. The lowest BCUT2D eigenvalue weighted by atomic mass is 9.73. The van der Waals surface area contributed by atoms with Gasteiger partial charge in [0.15, 0.2) is 0 Å². The highest BCUT2D eigenvalue weighted by Gasteiger charge is 2.62. The van der Waals surface area contributed by atoms with Gasteiger partial charge in [-0.3, -0.25) is 9.59 Å². The molecule has 1 amide bonds. The van der Waals surface area contributed by atoms with E-state index in [-0.39, 0.29) is 11.8 Å². The third kappa shape index (κ3) is 0.930. The van der Waals surface area contributed by atoms with E-state index in [0.717, 1.165) is 19.3 Å². The van der Waals surface area contributed by atoms with Crippen LogP contribution in [0.5, 0.6) is 0 Å². The van der Waals surface area contributed by atoms with Crippen LogP contribution in [0.1, 0.15) is 19.3 Å². The van der Waals surface area contributed by atoms with Gasteiger partial charge in [-0.15, -0.1) is 0 Å². The Labute approximate surface area is 81.4 Å². The van der Waals surface area contributed by atoms with Crippen molar-refractivity contribution in [2.45, 2.75) is 24.8 Å². The Morgan fingerprint density at radius 1 is 1.36 bits per heavy atom. The first-order valence-corrected chi connectivity index (χ1v) is 4.79. The third-order valence-electron chi connectivity index (χ3n) is 3.81. The van der Waals surface area contributed by atoms with Crippen LogP contribution >= 0.6 is 0 Å². The first kappa shape index (κ1) is 9.45. The standard InChI is InChI=1S/C9H14N2O3/c10-7(12)6-4-1-2-5(3-4)9(6,11)8(13)14/h4-6H,1-3,11H2,(H2,10,12)(H,13,14). The maximum Gasteiger partial charge on any atom is 0.324 e. The average molecular weight is 198 g/mol. The zero-order valence-corrected chi connectivity index (χ0v) is 7.77. The number of nitrogens with two attached hydrogens (primary N) is 2. The van der Waals surface area contributed by atoms with Crippen LogP contribution in [0, 0.1) is 17.8 Å². The summed E-state index contributed by atoms with van der Waals surface area (Å²) >= 11 is 0. The van der Waals surface area contributed by atoms with Crippen LogP contribution in [0.2, 0.25) is 0 Å². The number of carboxylic acids is 1. The molecule has 0 spiro atoms. The van der Waals surface area contributed by atoms with E-state index in [9.17, 15) is 9.59 Å². The number of amides is 1. The molecule has 4 unspecified atom stereocenters. The van der Waals surface area contributed by atoms with Crippen molar-refractivity contribution in [3.05, 3.63) is 0 Å². The molecule has 0 aliphatic heterocycles. The minimum absolute atomic E-state index is 0.0810. The predicted octanol–water partition coefficient (Wildman–Crippen LogP) is -0.700. The molecule has 2 bridgehead atoms. The summed E-state index contributed by atoms with van der Waals surface area (Å²) in [6.07, 6.45) is 2.41. The van der Waals surface area contributed by atoms with Crippen LogP contribution in [0.25, 0.3) is 0 Å². The molecule has 0 saturated heterocycles. The fraction of sp³-hybridized carbons (Fsp3) is 0.778. The van der Waals surface area contributed by atoms with Gasteiger partial charge in [0, 0.05) is 0 Å². The van der Waals surface area contributed by atoms with Crippen LogP contribution in [-0.2, 0) is 9.59 Å². The summed E-state index contributed by atoms with van der Waals surface area (Å²) in [5.74, 6) is -2.34. The largest absolute Gasteiger partial charge is 0.480 e. The molecular weight excluding hydrogens is 184 g/mol. The van der Waals surface area contributed by atoms with Gasteiger partial charge in [-0.1, -0.05) is 0 Å². The van der Waals surface area contributed by atoms with Gasteiger partial charge in [0.2, 0.25) is 5.91 Å². The Bertz CT molecular complexity index is 304. The molecule has 78 valence electrons. The maximum absolute atomic E-state index is 11.2. The number of hydrogen-bond acceptors (Lipinski definition) is 3. The van der Waals surface area contributed by atoms with Gasteiger partial charge in [0.05, 0.1) is 5.92 Å². The van der Waals surface area contributed by atoms with Gasteiger partial charge in [0.1, 0.15) is 5.54 Å². The summed E-state index contributed by atoms with van der Waals surface area (Å²) in [5.41, 5.74) is 9.64. The van der Waals surface area contributed by atoms with E-state index in [1.54, 1.807) is 0 Å². The highest BCUT2D eigenvalue weighted by Crippen LogP contribution is 2.53. The number of hydrogen-bond donors (Lipinski definition) is 3. The second-order valence-corrected chi connectivity index (χ2v) is 4.39. The molecule has 14 heavy (non-hydrogen) atoms. The van der Waals surface area contributed by atoms with Gasteiger partial charge in [-0.2, -0.15) is 0 Å². The number of carboxylic acid groups (broad SMARTS) is 1. The highest BCUT2D eigenvalue weighted by molar-refractivity contribution is 5.90. The van der Waals surface area contributed by atoms with E-state index in [0.29, 0.717) is 0 Å². The summed E-state index contributed by atoms with van der Waals surface area (Å²) < 4.78 is 0. The summed E-state index contributed by atoms with van der Waals surface area (Å²) in [7, 11) is 0. The van der Waals surface area contributed by atoms with Gasteiger partial charge in [-0.05, 0) is 31.1 Å². The van der Waals surface area contributed by atoms with Gasteiger partial charge < -0.3 is 16.6 Å². The highest BCUT2D eigenvalue weighted by atomic mass is 16.4. The summed E-state index contributed by atoms with van der Waals surface area (Å²) in [4.78, 5) is 22.3. The van der Waals surface area contributed by atoms with E-state index < -0.39 is 23.3 Å². The van der Waals surface area contributed by atoms with Crippen molar-refractivity contribution >= 4 is 11.9 Å². The molecular formula is C9H14N2O3. The fourth-order valence-electron chi connectivity index (χ4n) is 3.17. The SMILES string of the molecule is NC(=O)C1C2CCC(C2)C1(N)C(=O)O. The van der Waals surface area contributed by atoms with E-state index in [2.05, 4.69) is 0 Å². The Morgan fingerprint density at radius 2 is 2.00 bits per heavy atom. The minimum Gasteiger partial charge on any atom is -0.480 e. The number of carbonyl (C=O) groups excluding carboxylic acids is 1. The zero-order valence-electron chi connectivity index (χ0n) is 7.77. The quantitative estimate of drug-likeness (QED) is 0.545. The van der Waals surface area contributed by atoms with Crippen molar-refractivity contribution in [3.63, 3.8) is 0 Å². The first-order chi connectivity index (χ1) is 6.48. The van der Waals surface area contributed by atoms with Crippen molar-refractivity contribution < 1.29 is 14.7 Å². The van der Waals surface area contributed by atoms with Crippen LogP contribution in [0.4, 0.5) is 0 Å². The van der Waals surface area contributed by atoms with Crippen LogP contribution in [-0.4, -0.2) is 22.5 Å². The van der Waals surface area contributed by atoms with Crippen molar-refractivity contribution in [1.29, 1.82) is 0 Å². The van der Waals surface area contributed by atoms with E-state index in [4.69, 9.17) is 16.6 Å². The molecule has 2 aliphatic carbocycles. The monoisotopic (exact) mass is 198 g/mol. The Hall–Kier alpha value is -1.10. The van der Waals surface area contributed by atoms with Crippen molar-refractivity contribution in [2.75, 3.05) is 0 Å². The normalized spacial score (nSPS) is 45.4. The minimum atomic E-state index is -1.41. The van der Waals surface area contributed by atoms with E-state index in [1.807, 2.05) is 0 Å². The second kappa shape index (κ2) is 2.70. The lowest BCUT2D eigenvalue weighted by molar-refractivity contribution is -0.151. The Kier molecular flexibility index (Phi) is 1.82. The van der Waals surface area contributed by atoms with Gasteiger partial charge in [-0.25, -0.2) is 0 Å². The van der Waals surface area contributed by atoms with Crippen molar-refractivity contribution in [2.24, 2.45) is 29.2 Å². The molecule has 0 heterocycles. The number of fused-ring (bicyclic) bond motifs is 2. The predicted molar refractivity (Wildman–Crippen MR) is 48.1 cm³/mol. The molecule has 2 fully saturated rings. The molecule has 2 saturated carbocycles. The molecule has 2 rings (SSSR count). The molecule has 0 aromatic carbocycles. The topological polar surface area (TPSA) is 106 Å². The maximum atomic E-state index is 11.2. The fourth-order valence-corrected chi connectivity index (χ4v) is 3.17. The molecule has 5 N–H and O–H groups in total. The van der Waals surface area contributed by atoms with E-state index in [1.165, 1.54) is 0 Å². The van der Waals surface area contributed by atoms with Crippen LogP contribution in [0.15, 0.2) is 0 Å². The third-order valence-corrected chi connectivity index (χ3v) is 3.81. The second-order valence-electron chi connectivity index (χ2n) is 4.39. The van der Waals surface area contributed by atoms with Crippen LogP contribution < -0.4 is 11.5 Å². The number of aliphatic carboxylic acids is 1. The first-order valence-electron chi connectivity index (χ1n) is 4.79. The number of primary amides is 1. The molecule has 4 atom stereocenters. The molecule has 0 radical (unpaired) electrons. The summed E-state index contributed by atoms with van der Waals surface area (Å²) in [6.45, 7) is 0. The lowest BCUT2D eigenvalue weighted by Crippen LogP contribution is -2.61. The van der Waals surface area contributed by atoms with Gasteiger partial charge in [0.25, 0.3) is 0 Å². The number of carbonyl (C=O) groups is 2.